The zero-order valence-electron chi connectivity index (χ0n) is 10.9. The molecule has 6 heteroatoms. The van der Waals surface area contributed by atoms with E-state index in [-0.39, 0.29) is 17.5 Å². The zero-order chi connectivity index (χ0) is 13.7. The molecule has 0 saturated carbocycles. The van der Waals surface area contributed by atoms with Crippen LogP contribution in [0.25, 0.3) is 0 Å². The van der Waals surface area contributed by atoms with Crippen molar-refractivity contribution in [2.24, 2.45) is 0 Å². The van der Waals surface area contributed by atoms with E-state index in [1.54, 1.807) is 13.0 Å². The Kier molecular flexibility index (Phi) is 4.57. The molecule has 0 radical (unpaired) electrons. The number of carbonyl (C=O) groups is 1. The average molecular weight is 266 g/mol. The molecule has 2 heterocycles. The van der Waals surface area contributed by atoms with E-state index < -0.39 is 5.97 Å². The molecule has 6 nitrogen and oxygen atoms in total. The van der Waals surface area contributed by atoms with Gasteiger partial charge in [0, 0.05) is 6.07 Å². The molecular formula is C13H18N2O4. The Hall–Kier alpha value is -1.82. The average Bonchev–Trinajstić information content (AvgIpc) is 2.40. The van der Waals surface area contributed by atoms with E-state index in [1.807, 2.05) is 0 Å². The first-order valence-electron chi connectivity index (χ1n) is 6.45. The van der Waals surface area contributed by atoms with Crippen LogP contribution in [0.15, 0.2) is 12.1 Å². The minimum Gasteiger partial charge on any atom is -0.477 e. The summed E-state index contributed by atoms with van der Waals surface area (Å²) in [5, 5.41) is 12.3. The molecule has 0 amide bonds. The van der Waals surface area contributed by atoms with Gasteiger partial charge in [-0.15, -0.1) is 0 Å². The molecule has 0 aromatic carbocycles. The Morgan fingerprint density at radius 2 is 2.21 bits per heavy atom. The molecule has 0 bridgehead atoms. The SMILES string of the molecule is CCOc1nc(OC2CCNCC2)ccc1C(=O)O. The van der Waals surface area contributed by atoms with Crippen LogP contribution in [0.5, 0.6) is 11.8 Å². The Bertz CT molecular complexity index is 444. The van der Waals surface area contributed by atoms with Gasteiger partial charge in [0.2, 0.25) is 11.8 Å². The van der Waals surface area contributed by atoms with Crippen molar-refractivity contribution in [2.75, 3.05) is 19.7 Å². The Morgan fingerprint density at radius 3 is 2.84 bits per heavy atom. The Morgan fingerprint density at radius 1 is 1.47 bits per heavy atom. The minimum atomic E-state index is -1.05. The second kappa shape index (κ2) is 6.38. The number of carboxylic acids is 1. The first-order chi connectivity index (χ1) is 9.20. The zero-order valence-corrected chi connectivity index (χ0v) is 10.9. The number of pyridine rings is 1. The van der Waals surface area contributed by atoms with E-state index in [2.05, 4.69) is 10.3 Å². The van der Waals surface area contributed by atoms with Crippen molar-refractivity contribution in [3.8, 4) is 11.8 Å². The van der Waals surface area contributed by atoms with Gasteiger partial charge in [-0.25, -0.2) is 4.79 Å². The first kappa shape index (κ1) is 13.6. The van der Waals surface area contributed by atoms with E-state index in [9.17, 15) is 4.79 Å². The molecular weight excluding hydrogens is 248 g/mol. The number of piperidine rings is 1. The molecule has 2 N–H and O–H groups in total. The number of hydrogen-bond donors (Lipinski definition) is 2. The predicted octanol–water partition coefficient (Wildman–Crippen LogP) is 1.31. The fourth-order valence-corrected chi connectivity index (χ4v) is 1.98. The molecule has 0 unspecified atom stereocenters. The number of rotatable bonds is 5. The number of nitrogens with one attached hydrogen (secondary N) is 1. The van der Waals surface area contributed by atoms with E-state index in [4.69, 9.17) is 14.6 Å². The van der Waals surface area contributed by atoms with Gasteiger partial charge < -0.3 is 19.9 Å². The van der Waals surface area contributed by atoms with Crippen LogP contribution in [-0.4, -0.2) is 41.9 Å². The lowest BCUT2D eigenvalue weighted by molar-refractivity contribution is 0.0691. The molecule has 0 aliphatic carbocycles. The summed E-state index contributed by atoms with van der Waals surface area (Å²) in [5.74, 6) is -0.522. The Balaban J connectivity index is 2.12. The predicted molar refractivity (Wildman–Crippen MR) is 68.9 cm³/mol. The largest absolute Gasteiger partial charge is 0.477 e. The van der Waals surface area contributed by atoms with Crippen molar-refractivity contribution >= 4 is 5.97 Å². The second-order valence-corrected chi connectivity index (χ2v) is 4.31. The fraction of sp³-hybridized carbons (Fsp3) is 0.538. The maximum absolute atomic E-state index is 11.0. The van der Waals surface area contributed by atoms with Crippen LogP contribution in [-0.2, 0) is 0 Å². The van der Waals surface area contributed by atoms with Crippen LogP contribution in [0.4, 0.5) is 0 Å². The van der Waals surface area contributed by atoms with Crippen LogP contribution < -0.4 is 14.8 Å². The summed E-state index contributed by atoms with van der Waals surface area (Å²) in [6.07, 6.45) is 1.97. The summed E-state index contributed by atoms with van der Waals surface area (Å²) >= 11 is 0. The normalized spacial score (nSPS) is 16.1. The maximum atomic E-state index is 11.0. The van der Waals surface area contributed by atoms with Gasteiger partial charge in [-0.3, -0.25) is 0 Å². The van der Waals surface area contributed by atoms with Gasteiger partial charge in [-0.05, 0) is 38.9 Å². The minimum absolute atomic E-state index is 0.0551. The Labute approximate surface area is 111 Å². The lowest BCUT2D eigenvalue weighted by Gasteiger charge is -2.23. The highest BCUT2D eigenvalue weighted by molar-refractivity contribution is 5.90. The van der Waals surface area contributed by atoms with Gasteiger partial charge in [0.15, 0.2) is 0 Å². The molecule has 0 spiro atoms. The molecule has 1 saturated heterocycles. The monoisotopic (exact) mass is 266 g/mol. The van der Waals surface area contributed by atoms with E-state index >= 15 is 0 Å². The summed E-state index contributed by atoms with van der Waals surface area (Å²) in [7, 11) is 0. The van der Waals surface area contributed by atoms with E-state index in [0.717, 1.165) is 25.9 Å². The molecule has 2 rings (SSSR count). The third-order valence-corrected chi connectivity index (χ3v) is 2.92. The highest BCUT2D eigenvalue weighted by Crippen LogP contribution is 2.22. The number of aromatic nitrogens is 1. The van der Waals surface area contributed by atoms with E-state index in [0.29, 0.717) is 12.5 Å². The van der Waals surface area contributed by atoms with Gasteiger partial charge in [0.25, 0.3) is 0 Å². The van der Waals surface area contributed by atoms with Crippen molar-refractivity contribution in [3.05, 3.63) is 17.7 Å². The first-order valence-corrected chi connectivity index (χ1v) is 6.45. The summed E-state index contributed by atoms with van der Waals surface area (Å²) in [6, 6.07) is 3.05. The highest BCUT2D eigenvalue weighted by atomic mass is 16.5. The smallest absolute Gasteiger partial charge is 0.341 e. The highest BCUT2D eigenvalue weighted by Gasteiger charge is 2.18. The maximum Gasteiger partial charge on any atom is 0.341 e. The second-order valence-electron chi connectivity index (χ2n) is 4.31. The van der Waals surface area contributed by atoms with Crippen LogP contribution in [0, 0.1) is 0 Å². The van der Waals surface area contributed by atoms with Crippen molar-refractivity contribution in [1.29, 1.82) is 0 Å². The summed E-state index contributed by atoms with van der Waals surface area (Å²) in [6.45, 7) is 4.00. The van der Waals surface area contributed by atoms with Crippen molar-refractivity contribution < 1.29 is 19.4 Å². The number of aromatic carboxylic acids is 1. The van der Waals surface area contributed by atoms with Gasteiger partial charge >= 0.3 is 5.97 Å². The topological polar surface area (TPSA) is 80.7 Å². The van der Waals surface area contributed by atoms with Gasteiger partial charge in [0.1, 0.15) is 11.7 Å². The molecule has 1 aromatic heterocycles. The van der Waals surface area contributed by atoms with E-state index in [1.165, 1.54) is 6.07 Å². The molecule has 19 heavy (non-hydrogen) atoms. The number of nitrogens with zero attached hydrogens (tertiary/aromatic N) is 1. The van der Waals surface area contributed by atoms with Gasteiger partial charge in [0.05, 0.1) is 6.61 Å². The van der Waals surface area contributed by atoms with Crippen molar-refractivity contribution in [3.63, 3.8) is 0 Å². The number of ether oxygens (including phenoxy) is 2. The summed E-state index contributed by atoms with van der Waals surface area (Å²) in [5.41, 5.74) is 0.0551. The lowest BCUT2D eigenvalue weighted by atomic mass is 10.1. The van der Waals surface area contributed by atoms with Gasteiger partial charge in [-0.2, -0.15) is 4.98 Å². The van der Waals surface area contributed by atoms with Crippen molar-refractivity contribution in [2.45, 2.75) is 25.9 Å². The van der Waals surface area contributed by atoms with Crippen LogP contribution in [0.2, 0.25) is 0 Å². The molecule has 1 fully saturated rings. The van der Waals surface area contributed by atoms with Gasteiger partial charge in [-0.1, -0.05) is 0 Å². The molecule has 104 valence electrons. The fourth-order valence-electron chi connectivity index (χ4n) is 1.98. The third-order valence-electron chi connectivity index (χ3n) is 2.92. The van der Waals surface area contributed by atoms with Crippen LogP contribution in [0.1, 0.15) is 30.1 Å². The molecule has 1 aromatic rings. The quantitative estimate of drug-likeness (QED) is 0.836. The summed E-state index contributed by atoms with van der Waals surface area (Å²) < 4.78 is 11.0. The third kappa shape index (κ3) is 3.57. The molecule has 0 atom stereocenters. The molecule has 1 aliphatic heterocycles. The number of carboxylic acid groups (broad SMARTS) is 1. The van der Waals surface area contributed by atoms with Crippen LogP contribution >= 0.6 is 0 Å². The van der Waals surface area contributed by atoms with Crippen molar-refractivity contribution in [1.82, 2.24) is 10.3 Å². The lowest BCUT2D eigenvalue weighted by Crippen LogP contribution is -2.34. The standard InChI is InChI=1S/C13H18N2O4/c1-2-18-12-10(13(16)17)3-4-11(15-12)19-9-5-7-14-8-6-9/h3-4,9,14H,2,5-8H2,1H3,(H,16,17). The number of hydrogen-bond acceptors (Lipinski definition) is 5. The molecule has 1 aliphatic rings. The van der Waals surface area contributed by atoms with Crippen LogP contribution in [0.3, 0.4) is 0 Å². The summed E-state index contributed by atoms with van der Waals surface area (Å²) in [4.78, 5) is 15.2.